The lowest BCUT2D eigenvalue weighted by Gasteiger charge is -2.18. The van der Waals surface area contributed by atoms with E-state index in [0.29, 0.717) is 48.7 Å². The lowest BCUT2D eigenvalue weighted by atomic mass is 10.1. The number of ether oxygens (including phenoxy) is 2. The molecule has 11 nitrogen and oxygen atoms in total. The van der Waals surface area contributed by atoms with Crippen molar-refractivity contribution in [2.75, 3.05) is 30.4 Å². The number of aliphatic hydroxyl groups excluding tert-OH is 3. The summed E-state index contributed by atoms with van der Waals surface area (Å²) < 4.78 is 13.0. The molecule has 5 rings (SSSR count). The summed E-state index contributed by atoms with van der Waals surface area (Å²) >= 11 is 0. The smallest absolute Gasteiger partial charge is 0.226 e. The number of aliphatic hydroxyl groups is 3. The van der Waals surface area contributed by atoms with E-state index in [4.69, 9.17) is 9.47 Å². The van der Waals surface area contributed by atoms with Gasteiger partial charge in [0.05, 0.1) is 26.1 Å². The van der Waals surface area contributed by atoms with Crippen molar-refractivity contribution in [2.24, 2.45) is 0 Å². The molecule has 1 aliphatic carbocycles. The quantitative estimate of drug-likeness (QED) is 0.268. The van der Waals surface area contributed by atoms with Crippen LogP contribution in [0.1, 0.15) is 37.5 Å². The molecule has 0 spiro atoms. The highest BCUT2D eigenvalue weighted by atomic mass is 16.6. The third kappa shape index (κ3) is 5.24. The van der Waals surface area contributed by atoms with Gasteiger partial charge in [-0.1, -0.05) is 43.2 Å². The minimum atomic E-state index is -1.23. The zero-order valence-electron chi connectivity index (χ0n) is 19.5. The van der Waals surface area contributed by atoms with Crippen LogP contribution in [0.4, 0.5) is 11.8 Å². The predicted molar refractivity (Wildman–Crippen MR) is 129 cm³/mol. The van der Waals surface area contributed by atoms with Crippen molar-refractivity contribution in [3.8, 4) is 0 Å². The minimum absolute atomic E-state index is 0.314. The Bertz CT molecular complexity index is 1110. The van der Waals surface area contributed by atoms with Gasteiger partial charge in [-0.25, -0.2) is 4.98 Å². The monoisotopic (exact) mass is 484 g/mol. The predicted octanol–water partition coefficient (Wildman–Crippen LogP) is 1.42. The maximum Gasteiger partial charge on any atom is 0.226 e. The van der Waals surface area contributed by atoms with Gasteiger partial charge in [0.25, 0.3) is 0 Å². The Kier molecular flexibility index (Phi) is 7.40. The van der Waals surface area contributed by atoms with Crippen molar-refractivity contribution >= 4 is 22.9 Å². The summed E-state index contributed by atoms with van der Waals surface area (Å²) in [5, 5.41) is 36.9. The molecule has 1 aliphatic heterocycles. The molecular weight excluding hydrogens is 452 g/mol. The molecule has 35 heavy (non-hydrogen) atoms. The van der Waals surface area contributed by atoms with Gasteiger partial charge in [-0.15, -0.1) is 0 Å². The Balaban J connectivity index is 1.34. The first-order chi connectivity index (χ1) is 17.1. The number of rotatable bonds is 10. The highest BCUT2D eigenvalue weighted by molar-refractivity contribution is 5.84. The fourth-order valence-electron chi connectivity index (χ4n) is 4.66. The Labute approximate surface area is 203 Å². The SMILES string of the molecule is OC[C@H]1O[C@@H](n2cnc3c(NC4CCCC4)nc(NCCOCc4ccccc4)nc32)[C@H](O)[C@@H]1O. The van der Waals surface area contributed by atoms with E-state index in [0.717, 1.165) is 18.4 Å². The summed E-state index contributed by atoms with van der Waals surface area (Å²) in [6.45, 7) is 1.09. The number of nitrogens with zero attached hydrogens (tertiary/aromatic N) is 4. The van der Waals surface area contributed by atoms with Gasteiger partial charge < -0.3 is 35.4 Å². The second-order valence-corrected chi connectivity index (χ2v) is 9.04. The Morgan fingerprint density at radius 3 is 2.63 bits per heavy atom. The standard InChI is InChI=1S/C24H32N6O5/c31-12-17-19(32)20(33)23(35-17)30-14-26-18-21(27-16-8-4-5-9-16)28-24(29-22(18)30)25-10-11-34-13-15-6-2-1-3-7-15/h1-3,6-7,14,16-17,19-20,23,31-33H,4-5,8-13H2,(H2,25,27,28,29)/t17-,19-,20-,23-/m1/s1. The number of anilines is 2. The first kappa shape index (κ1) is 23.9. The molecule has 1 aromatic carbocycles. The van der Waals surface area contributed by atoms with Gasteiger partial charge >= 0.3 is 0 Å². The van der Waals surface area contributed by atoms with Crippen LogP contribution in [-0.4, -0.2) is 79.0 Å². The molecule has 0 amide bonds. The van der Waals surface area contributed by atoms with Gasteiger partial charge in [-0.2, -0.15) is 9.97 Å². The van der Waals surface area contributed by atoms with Crippen molar-refractivity contribution < 1.29 is 24.8 Å². The average molecular weight is 485 g/mol. The largest absolute Gasteiger partial charge is 0.394 e. The van der Waals surface area contributed by atoms with Crippen molar-refractivity contribution in [3.63, 3.8) is 0 Å². The van der Waals surface area contributed by atoms with Gasteiger partial charge in [-0.3, -0.25) is 4.57 Å². The molecule has 1 saturated carbocycles. The van der Waals surface area contributed by atoms with Gasteiger partial charge in [0.2, 0.25) is 5.95 Å². The van der Waals surface area contributed by atoms with Crippen LogP contribution >= 0.6 is 0 Å². The van der Waals surface area contributed by atoms with E-state index < -0.39 is 31.1 Å². The molecule has 2 aliphatic rings. The molecule has 3 aromatic rings. The van der Waals surface area contributed by atoms with Crippen LogP contribution in [-0.2, 0) is 16.1 Å². The molecule has 11 heteroatoms. The Morgan fingerprint density at radius 2 is 1.89 bits per heavy atom. The minimum Gasteiger partial charge on any atom is -0.394 e. The third-order valence-corrected chi connectivity index (χ3v) is 6.55. The second-order valence-electron chi connectivity index (χ2n) is 9.04. The fraction of sp³-hybridized carbons (Fsp3) is 0.542. The molecule has 188 valence electrons. The molecule has 0 radical (unpaired) electrons. The second kappa shape index (κ2) is 10.8. The number of benzene rings is 1. The molecule has 2 fully saturated rings. The van der Waals surface area contributed by atoms with Crippen LogP contribution in [0, 0.1) is 0 Å². The van der Waals surface area contributed by atoms with Crippen LogP contribution in [0.2, 0.25) is 0 Å². The van der Waals surface area contributed by atoms with Crippen LogP contribution < -0.4 is 10.6 Å². The van der Waals surface area contributed by atoms with Crippen molar-refractivity contribution in [2.45, 2.75) is 62.9 Å². The highest BCUT2D eigenvalue weighted by Gasteiger charge is 2.44. The first-order valence-electron chi connectivity index (χ1n) is 12.1. The highest BCUT2D eigenvalue weighted by Crippen LogP contribution is 2.33. The number of hydrogen-bond acceptors (Lipinski definition) is 10. The van der Waals surface area contributed by atoms with Crippen molar-refractivity contribution in [1.82, 2.24) is 19.5 Å². The van der Waals surface area contributed by atoms with E-state index in [1.165, 1.54) is 19.2 Å². The summed E-state index contributed by atoms with van der Waals surface area (Å²) in [5.41, 5.74) is 2.12. The van der Waals surface area contributed by atoms with Crippen LogP contribution in [0.5, 0.6) is 0 Å². The van der Waals surface area contributed by atoms with Crippen molar-refractivity contribution in [1.29, 1.82) is 0 Å². The lowest BCUT2D eigenvalue weighted by molar-refractivity contribution is -0.0511. The van der Waals surface area contributed by atoms with Crippen LogP contribution in [0.25, 0.3) is 11.2 Å². The molecule has 3 heterocycles. The normalized spacial score (nSPS) is 24.9. The summed E-state index contributed by atoms with van der Waals surface area (Å²) in [5.74, 6) is 1.01. The van der Waals surface area contributed by atoms with E-state index in [9.17, 15) is 15.3 Å². The van der Waals surface area contributed by atoms with Crippen molar-refractivity contribution in [3.05, 3.63) is 42.2 Å². The number of hydrogen-bond donors (Lipinski definition) is 5. The zero-order valence-corrected chi connectivity index (χ0v) is 19.5. The summed E-state index contributed by atoms with van der Waals surface area (Å²) in [6, 6.07) is 10.3. The topological polar surface area (TPSA) is 147 Å². The van der Waals surface area contributed by atoms with Crippen LogP contribution in [0.3, 0.4) is 0 Å². The first-order valence-corrected chi connectivity index (χ1v) is 12.1. The zero-order chi connectivity index (χ0) is 24.2. The van der Waals surface area contributed by atoms with Gasteiger partial charge in [0.15, 0.2) is 23.2 Å². The molecule has 4 atom stereocenters. The summed E-state index contributed by atoms with van der Waals surface area (Å²) in [6.07, 6.45) is 1.75. The number of aromatic nitrogens is 4. The van der Waals surface area contributed by atoms with Gasteiger partial charge in [0.1, 0.15) is 18.3 Å². The summed E-state index contributed by atoms with van der Waals surface area (Å²) in [7, 11) is 0. The molecule has 5 N–H and O–H groups in total. The molecular formula is C24H32N6O5. The maximum absolute atomic E-state index is 10.5. The molecule has 1 saturated heterocycles. The lowest BCUT2D eigenvalue weighted by Crippen LogP contribution is -2.33. The van der Waals surface area contributed by atoms with E-state index in [1.807, 2.05) is 30.3 Å². The number of nitrogens with one attached hydrogen (secondary N) is 2. The van der Waals surface area contributed by atoms with E-state index in [-0.39, 0.29) is 0 Å². The van der Waals surface area contributed by atoms with E-state index >= 15 is 0 Å². The number of fused-ring (bicyclic) bond motifs is 1. The maximum atomic E-state index is 10.5. The molecule has 0 unspecified atom stereocenters. The van der Waals surface area contributed by atoms with Crippen LogP contribution in [0.15, 0.2) is 36.7 Å². The molecule has 2 aromatic heterocycles. The third-order valence-electron chi connectivity index (χ3n) is 6.55. The van der Waals surface area contributed by atoms with Gasteiger partial charge in [-0.05, 0) is 18.4 Å². The fourth-order valence-corrected chi connectivity index (χ4v) is 4.66. The van der Waals surface area contributed by atoms with E-state index in [2.05, 4.69) is 25.6 Å². The Hall–Kier alpha value is -2.83. The van der Waals surface area contributed by atoms with Gasteiger partial charge in [0, 0.05) is 12.6 Å². The molecule has 0 bridgehead atoms. The number of imidazole rings is 1. The summed E-state index contributed by atoms with van der Waals surface area (Å²) in [4.78, 5) is 13.8. The van der Waals surface area contributed by atoms with E-state index in [1.54, 1.807) is 4.57 Å². The Morgan fingerprint density at radius 1 is 1.09 bits per heavy atom. The average Bonchev–Trinajstić information content (AvgIpc) is 3.60.